The van der Waals surface area contributed by atoms with Gasteiger partial charge in [-0.1, -0.05) is 0 Å². The molecule has 0 bridgehead atoms. The van der Waals surface area contributed by atoms with Crippen LogP contribution in [0.2, 0.25) is 0 Å². The van der Waals surface area contributed by atoms with Crippen LogP contribution in [0.15, 0.2) is 0 Å². The van der Waals surface area contributed by atoms with E-state index in [1.54, 1.807) is 0 Å². The van der Waals surface area contributed by atoms with Crippen LogP contribution in [0.1, 0.15) is 13.3 Å². The molecule has 1 rings (SSSR count). The molecule has 1 fully saturated rings. The molecule has 0 spiro atoms. The highest BCUT2D eigenvalue weighted by molar-refractivity contribution is 5.66. The summed E-state index contributed by atoms with van der Waals surface area (Å²) in [6, 6.07) is 0. The van der Waals surface area contributed by atoms with Crippen molar-refractivity contribution in [1.82, 2.24) is 4.90 Å². The molecule has 0 aromatic heterocycles. The number of rotatable bonds is 0. The van der Waals surface area contributed by atoms with Gasteiger partial charge in [0.05, 0.1) is 0 Å². The fourth-order valence-electron chi connectivity index (χ4n) is 0.849. The first kappa shape index (κ1) is 6.35. The summed E-state index contributed by atoms with van der Waals surface area (Å²) in [5, 5.41) is 17.4. The van der Waals surface area contributed by atoms with Gasteiger partial charge in [0.15, 0.2) is 0 Å². The van der Waals surface area contributed by atoms with Crippen LogP contribution in [0.3, 0.4) is 0 Å². The maximum atomic E-state index is 10.2. The van der Waals surface area contributed by atoms with E-state index in [0.717, 1.165) is 4.90 Å². The van der Waals surface area contributed by atoms with Crippen molar-refractivity contribution in [3.05, 3.63) is 0 Å². The van der Waals surface area contributed by atoms with Gasteiger partial charge >= 0.3 is 6.09 Å². The maximum absolute atomic E-state index is 10.2. The number of carbonyl (C=O) groups is 1. The second kappa shape index (κ2) is 1.60. The summed E-state index contributed by atoms with van der Waals surface area (Å²) in [4.78, 5) is 11.2. The minimum Gasteiger partial charge on any atom is -0.465 e. The minimum atomic E-state index is -1.11. The molecule has 4 heteroatoms. The Hall–Kier alpha value is -0.770. The molecule has 1 aliphatic heterocycles. The Morgan fingerprint density at radius 2 is 2.33 bits per heavy atom. The van der Waals surface area contributed by atoms with E-state index in [0.29, 0.717) is 13.0 Å². The molecule has 1 amide bonds. The quantitative estimate of drug-likeness (QED) is 0.489. The fraction of sp³-hybridized carbons (Fsp3) is 0.800. The molecule has 1 heterocycles. The SMILES string of the molecule is C[C@]1(O)CCN1C(=O)O. The number of amides is 1. The summed E-state index contributed by atoms with van der Waals surface area (Å²) in [7, 11) is 0. The van der Waals surface area contributed by atoms with Crippen molar-refractivity contribution in [2.45, 2.75) is 19.1 Å². The number of hydrogen-bond acceptors (Lipinski definition) is 2. The molecule has 0 saturated carbocycles. The summed E-state index contributed by atoms with van der Waals surface area (Å²) in [6.07, 6.45) is -0.509. The number of aliphatic hydroxyl groups is 1. The van der Waals surface area contributed by atoms with Gasteiger partial charge in [0.25, 0.3) is 0 Å². The third kappa shape index (κ3) is 0.853. The van der Waals surface area contributed by atoms with E-state index in [1.165, 1.54) is 6.92 Å². The van der Waals surface area contributed by atoms with Crippen LogP contribution in [-0.2, 0) is 0 Å². The standard InChI is InChI=1S/C5H9NO3/c1-5(9)2-3-6(5)4(7)8/h9H,2-3H2,1H3,(H,7,8)/t5-/m0/s1. The zero-order valence-electron chi connectivity index (χ0n) is 5.16. The van der Waals surface area contributed by atoms with Crippen molar-refractivity contribution in [1.29, 1.82) is 0 Å². The van der Waals surface area contributed by atoms with Gasteiger partial charge in [-0.3, -0.25) is 4.90 Å². The van der Waals surface area contributed by atoms with E-state index in [2.05, 4.69) is 0 Å². The van der Waals surface area contributed by atoms with Gasteiger partial charge in [0, 0.05) is 13.0 Å². The molecular formula is C5H9NO3. The third-order valence-corrected chi connectivity index (χ3v) is 1.62. The first-order valence-corrected chi connectivity index (χ1v) is 2.77. The molecular weight excluding hydrogens is 122 g/mol. The lowest BCUT2D eigenvalue weighted by molar-refractivity contribution is -0.145. The number of carboxylic acid groups (broad SMARTS) is 1. The monoisotopic (exact) mass is 131 g/mol. The Bertz CT molecular complexity index is 143. The molecule has 0 aromatic rings. The predicted octanol–water partition coefficient (Wildman–Crippen LogP) is 0.0786. The average Bonchev–Trinajstić information content (AvgIpc) is 1.62. The molecule has 1 atom stereocenters. The summed E-state index contributed by atoms with van der Waals surface area (Å²) < 4.78 is 0. The topological polar surface area (TPSA) is 60.8 Å². The molecule has 0 unspecified atom stereocenters. The molecule has 1 aliphatic rings. The molecule has 2 N–H and O–H groups in total. The van der Waals surface area contributed by atoms with E-state index in [-0.39, 0.29) is 0 Å². The van der Waals surface area contributed by atoms with Crippen molar-refractivity contribution in [3.63, 3.8) is 0 Å². The Labute approximate surface area is 52.7 Å². The van der Waals surface area contributed by atoms with E-state index in [1.807, 2.05) is 0 Å². The van der Waals surface area contributed by atoms with Gasteiger partial charge in [0.1, 0.15) is 5.72 Å². The zero-order chi connectivity index (χ0) is 7.07. The van der Waals surface area contributed by atoms with Crippen LogP contribution < -0.4 is 0 Å². The van der Waals surface area contributed by atoms with Crippen molar-refractivity contribution >= 4 is 6.09 Å². The summed E-state index contributed by atoms with van der Waals surface area (Å²) in [6.45, 7) is 1.94. The number of nitrogens with zero attached hydrogens (tertiary/aromatic N) is 1. The normalized spacial score (nSPS) is 33.8. The van der Waals surface area contributed by atoms with Gasteiger partial charge in [-0.25, -0.2) is 4.79 Å². The first-order chi connectivity index (χ1) is 4.04. The lowest BCUT2D eigenvalue weighted by Crippen LogP contribution is -2.59. The number of likely N-dealkylation sites (tertiary alicyclic amines) is 1. The third-order valence-electron chi connectivity index (χ3n) is 1.62. The highest BCUT2D eigenvalue weighted by Crippen LogP contribution is 2.26. The van der Waals surface area contributed by atoms with Crippen LogP contribution in [-0.4, -0.2) is 33.5 Å². The van der Waals surface area contributed by atoms with Crippen LogP contribution in [0.5, 0.6) is 0 Å². The lowest BCUT2D eigenvalue weighted by Gasteiger charge is -2.44. The van der Waals surface area contributed by atoms with Crippen molar-refractivity contribution in [2.24, 2.45) is 0 Å². The van der Waals surface area contributed by atoms with E-state index >= 15 is 0 Å². The van der Waals surface area contributed by atoms with Crippen molar-refractivity contribution < 1.29 is 15.0 Å². The van der Waals surface area contributed by atoms with Gasteiger partial charge in [-0.2, -0.15) is 0 Å². The van der Waals surface area contributed by atoms with Gasteiger partial charge in [-0.05, 0) is 6.92 Å². The smallest absolute Gasteiger partial charge is 0.409 e. The van der Waals surface area contributed by atoms with Gasteiger partial charge in [-0.15, -0.1) is 0 Å². The van der Waals surface area contributed by atoms with Crippen LogP contribution in [0.25, 0.3) is 0 Å². The Balaban J connectivity index is 2.55. The Kier molecular flexibility index (Phi) is 1.13. The van der Waals surface area contributed by atoms with Crippen LogP contribution in [0.4, 0.5) is 4.79 Å². The highest BCUT2D eigenvalue weighted by atomic mass is 16.4. The molecule has 1 saturated heterocycles. The van der Waals surface area contributed by atoms with Crippen molar-refractivity contribution in [2.75, 3.05) is 6.54 Å². The molecule has 0 aliphatic carbocycles. The predicted molar refractivity (Wildman–Crippen MR) is 30.0 cm³/mol. The highest BCUT2D eigenvalue weighted by Gasteiger charge is 2.41. The van der Waals surface area contributed by atoms with E-state index in [9.17, 15) is 4.79 Å². The van der Waals surface area contributed by atoms with Crippen LogP contribution in [0, 0.1) is 0 Å². The molecule has 52 valence electrons. The average molecular weight is 131 g/mol. The minimum absolute atomic E-state index is 0.447. The number of hydrogen-bond donors (Lipinski definition) is 2. The Morgan fingerprint density at radius 3 is 2.33 bits per heavy atom. The van der Waals surface area contributed by atoms with Gasteiger partial charge < -0.3 is 10.2 Å². The second-order valence-corrected chi connectivity index (χ2v) is 2.40. The molecule has 0 aromatic carbocycles. The largest absolute Gasteiger partial charge is 0.465 e. The zero-order valence-corrected chi connectivity index (χ0v) is 5.16. The van der Waals surface area contributed by atoms with E-state index < -0.39 is 11.8 Å². The molecule has 4 nitrogen and oxygen atoms in total. The summed E-state index contributed by atoms with van der Waals surface area (Å²) >= 11 is 0. The Morgan fingerprint density at radius 1 is 1.78 bits per heavy atom. The summed E-state index contributed by atoms with van der Waals surface area (Å²) in [5.41, 5.74) is -1.11. The fourth-order valence-corrected chi connectivity index (χ4v) is 0.849. The molecule has 9 heavy (non-hydrogen) atoms. The van der Waals surface area contributed by atoms with E-state index in [4.69, 9.17) is 10.2 Å². The first-order valence-electron chi connectivity index (χ1n) is 2.77. The second-order valence-electron chi connectivity index (χ2n) is 2.40. The summed E-state index contributed by atoms with van der Waals surface area (Å²) in [5.74, 6) is 0. The van der Waals surface area contributed by atoms with Crippen molar-refractivity contribution in [3.8, 4) is 0 Å². The lowest BCUT2D eigenvalue weighted by atomic mass is 10.0. The maximum Gasteiger partial charge on any atom is 0.409 e. The van der Waals surface area contributed by atoms with Crippen LogP contribution >= 0.6 is 0 Å². The molecule has 0 radical (unpaired) electrons. The van der Waals surface area contributed by atoms with Gasteiger partial charge in [0.2, 0.25) is 0 Å².